The maximum absolute atomic E-state index is 13.0. The summed E-state index contributed by atoms with van der Waals surface area (Å²) in [5.74, 6) is -2.75. The van der Waals surface area contributed by atoms with E-state index in [1.807, 2.05) is 0 Å². The summed E-state index contributed by atoms with van der Waals surface area (Å²) >= 11 is 0. The van der Waals surface area contributed by atoms with Crippen molar-refractivity contribution in [3.63, 3.8) is 0 Å². The SMILES string of the molecule is CC(=O)N[C@@H]1[C@@H](O[C@@H]2O[C@H](CO[C@@H]3O[C@H](CO)[C@@H](O[C@@H]4O[C@H](CO)[C@H](O)[C@H](O)[C@H]4O)[C@H](O)[C@H]3NC(C)=O)[C@H](O)[C@H](O[C@@H]3O[C@H](CO)[C@H](O)[C@H](O)[C@H]3O[C@@H]3O[C@@H](C)[C@@H](O)[C@@H](O)[C@@H]3O)[C@H]2O[C@@H]2O[C@@H](C)[C@@H](O)[C@@H](O)[C@@H]2O)[C@@H](O)[C@@H](CO[C@@H]2O[C@H](COS(=O)(=O)O)[C@@H](O)[C@H](O)[C@H]2NC(C)=O)O[C@@H]1O. The summed E-state index contributed by atoms with van der Waals surface area (Å²) < 4.78 is 126. The molecule has 0 aliphatic carbocycles. The molecule has 0 spiro atoms. The molecular formula is C54H91N3O42S. The molecule has 24 N–H and O–H groups in total. The molecule has 0 aromatic heterocycles. The Morgan fingerprint density at radius 3 is 1.18 bits per heavy atom. The number of ether oxygens (including phenoxy) is 15. The molecule has 100 heavy (non-hydrogen) atoms. The van der Waals surface area contributed by atoms with Gasteiger partial charge in [-0.15, -0.1) is 0 Å². The van der Waals surface area contributed by atoms with Crippen LogP contribution in [0.4, 0.5) is 0 Å². The Kier molecular flexibility index (Phi) is 28.9. The number of hydrogen-bond donors (Lipinski definition) is 24. The molecule has 0 aromatic rings. The maximum Gasteiger partial charge on any atom is 0.397 e. The summed E-state index contributed by atoms with van der Waals surface area (Å²) in [6.07, 6.45) is -76.0. The quantitative estimate of drug-likeness (QED) is 0.0377. The fraction of sp³-hybridized carbons (Fsp3) is 0.944. The summed E-state index contributed by atoms with van der Waals surface area (Å²) in [6, 6.07) is -5.59. The second kappa shape index (κ2) is 35.1. The normalized spacial score (nSPS) is 48.9. The van der Waals surface area contributed by atoms with Gasteiger partial charge in [0.15, 0.2) is 50.3 Å². The average molecular weight is 1490 g/mol. The molecule has 0 aromatic carbocycles. The van der Waals surface area contributed by atoms with Crippen molar-refractivity contribution in [3.8, 4) is 0 Å². The number of carbonyl (C=O) groups is 3. The van der Waals surface area contributed by atoms with Crippen molar-refractivity contribution in [3.05, 3.63) is 0 Å². The first-order valence-corrected chi connectivity index (χ1v) is 32.9. The van der Waals surface area contributed by atoms with Crippen LogP contribution in [0.3, 0.4) is 0 Å². The number of rotatable bonds is 25. The molecule has 8 fully saturated rings. The van der Waals surface area contributed by atoms with E-state index < -0.39 is 313 Å². The highest BCUT2D eigenvalue weighted by molar-refractivity contribution is 7.80. The van der Waals surface area contributed by atoms with Crippen molar-refractivity contribution in [1.82, 2.24) is 16.0 Å². The van der Waals surface area contributed by atoms with E-state index in [4.69, 9.17) is 71.1 Å². The topological polar surface area (TPSA) is 694 Å². The molecule has 45 nitrogen and oxygen atoms in total. The van der Waals surface area contributed by atoms with Crippen molar-refractivity contribution < 1.29 is 205 Å². The van der Waals surface area contributed by atoms with Gasteiger partial charge in [0.05, 0.1) is 51.8 Å². The van der Waals surface area contributed by atoms with Gasteiger partial charge in [-0.25, -0.2) is 4.18 Å². The Hall–Kier alpha value is -3.12. The van der Waals surface area contributed by atoms with Crippen LogP contribution in [0.5, 0.6) is 0 Å². The number of hydrogen-bond acceptors (Lipinski definition) is 41. The molecular weight excluding hydrogens is 1390 g/mol. The van der Waals surface area contributed by atoms with Crippen molar-refractivity contribution >= 4 is 28.1 Å². The van der Waals surface area contributed by atoms with Gasteiger partial charge in [-0.05, 0) is 13.8 Å². The largest absolute Gasteiger partial charge is 0.397 e. The second-order valence-corrected chi connectivity index (χ2v) is 26.2. The lowest BCUT2D eigenvalue weighted by molar-refractivity contribution is -0.412. The Morgan fingerprint density at radius 1 is 0.330 bits per heavy atom. The Labute approximate surface area is 567 Å². The predicted octanol–water partition coefficient (Wildman–Crippen LogP) is -16.1. The summed E-state index contributed by atoms with van der Waals surface area (Å²) in [4.78, 5) is 38.3. The van der Waals surface area contributed by atoms with E-state index >= 15 is 0 Å². The monoisotopic (exact) mass is 1490 g/mol. The molecule has 0 bridgehead atoms. The van der Waals surface area contributed by atoms with Gasteiger partial charge in [0.25, 0.3) is 0 Å². The Bertz CT molecular complexity index is 2740. The zero-order valence-corrected chi connectivity index (χ0v) is 54.5. The lowest BCUT2D eigenvalue weighted by atomic mass is 9.94. The van der Waals surface area contributed by atoms with E-state index in [0.29, 0.717) is 0 Å². The van der Waals surface area contributed by atoms with Crippen LogP contribution in [0.1, 0.15) is 34.6 Å². The first-order chi connectivity index (χ1) is 46.9. The van der Waals surface area contributed by atoms with Crippen LogP contribution >= 0.6 is 0 Å². The summed E-state index contributed by atoms with van der Waals surface area (Å²) in [7, 11) is -5.22. The Morgan fingerprint density at radius 2 is 0.680 bits per heavy atom. The summed E-state index contributed by atoms with van der Waals surface area (Å²) in [5.41, 5.74) is 0. The molecule has 8 aliphatic rings. The van der Waals surface area contributed by atoms with Crippen molar-refractivity contribution in [1.29, 1.82) is 0 Å². The lowest BCUT2D eigenvalue weighted by Crippen LogP contribution is -2.70. The van der Waals surface area contributed by atoms with Crippen LogP contribution in [-0.2, 0) is 100 Å². The van der Waals surface area contributed by atoms with Crippen LogP contribution < -0.4 is 16.0 Å². The Balaban J connectivity index is 1.20. The van der Waals surface area contributed by atoms with Crippen LogP contribution in [-0.4, -0.2) is 418 Å². The van der Waals surface area contributed by atoms with Gasteiger partial charge in [0, 0.05) is 20.8 Å². The van der Waals surface area contributed by atoms with Gasteiger partial charge in [0.2, 0.25) is 17.7 Å². The highest BCUT2D eigenvalue weighted by Gasteiger charge is 2.60. The highest BCUT2D eigenvalue weighted by Crippen LogP contribution is 2.39. The van der Waals surface area contributed by atoms with Crippen LogP contribution in [0.2, 0.25) is 0 Å². The minimum absolute atomic E-state index is 0.866. The molecule has 8 heterocycles. The highest BCUT2D eigenvalue weighted by atomic mass is 32.3. The molecule has 0 radical (unpaired) electrons. The van der Waals surface area contributed by atoms with E-state index in [1.54, 1.807) is 0 Å². The van der Waals surface area contributed by atoms with E-state index in [1.165, 1.54) is 13.8 Å². The first kappa shape index (κ1) is 82.5. The standard InChI is InChI=1S/C54H91N3O42S/c1-12-26(64)35(73)39(77)50(87-12)98-45-38(76)29(67)18(7-59)91-53(45)97-44-32(70)21(10-85-49-24(56-15(4)62)34(72)42(19(8-60)92-49)95-52-41(79)37(75)28(66)17(6-58)90-52)94-54(46(44)99-51-40(78)36(74)27(65)13(2)88-51)96-43-25(57-16(5)63)47(80)89-20(31(43)69)9-84-48-23(55-14(3)61)33(71)30(68)22(93-48)11-86-100(81,82)83/h12-13,17-54,58-60,64-80H,6-11H2,1-5H3,(H,55,61)(H,56,62)(H,57,63)(H,81,82,83)/t12-,13-,17+,18+,19+,20+,21+,22+,23+,24+,25+,26+,27+,28-,29-,30+,31-,32-,33+,34+,35+,36+,37-,38-,39-,40-,41+,42+,43+,44-,45+,46+,47-,48+,49+,50-,51-,52-,53-,54-/m0/s1. The number of nitrogens with one attached hydrogen (secondary N) is 3. The molecule has 8 rings (SSSR count). The first-order valence-electron chi connectivity index (χ1n) is 31.5. The average Bonchev–Trinajstić information content (AvgIpc) is 0.765. The third kappa shape index (κ3) is 18.8. The molecule has 46 heteroatoms. The number of amides is 3. The van der Waals surface area contributed by atoms with Crippen LogP contribution in [0, 0.1) is 0 Å². The number of aliphatic hydroxyl groups is 20. The van der Waals surface area contributed by atoms with Crippen molar-refractivity contribution in [2.75, 3.05) is 39.6 Å². The fourth-order valence-electron chi connectivity index (χ4n) is 12.5. The molecule has 0 saturated carbocycles. The van der Waals surface area contributed by atoms with Crippen molar-refractivity contribution in [2.24, 2.45) is 0 Å². The number of carbonyl (C=O) groups excluding carboxylic acids is 3. The minimum atomic E-state index is -5.22. The van der Waals surface area contributed by atoms with Gasteiger partial charge < -0.3 is 189 Å². The second-order valence-electron chi connectivity index (χ2n) is 25.2. The molecule has 8 aliphatic heterocycles. The summed E-state index contributed by atoms with van der Waals surface area (Å²) in [5, 5.41) is 229. The van der Waals surface area contributed by atoms with Gasteiger partial charge in [-0.1, -0.05) is 0 Å². The zero-order valence-electron chi connectivity index (χ0n) is 53.7. The molecule has 40 atom stereocenters. The molecule has 8 saturated heterocycles. The summed E-state index contributed by atoms with van der Waals surface area (Å²) in [6.45, 7) is -1.23. The van der Waals surface area contributed by atoms with Crippen LogP contribution in [0.15, 0.2) is 0 Å². The smallest absolute Gasteiger partial charge is 0.394 e. The zero-order chi connectivity index (χ0) is 74.0. The predicted molar refractivity (Wildman–Crippen MR) is 307 cm³/mol. The van der Waals surface area contributed by atoms with E-state index in [2.05, 4.69) is 20.1 Å². The van der Waals surface area contributed by atoms with Gasteiger partial charge in [-0.2, -0.15) is 8.42 Å². The van der Waals surface area contributed by atoms with Crippen molar-refractivity contribution in [2.45, 2.75) is 280 Å². The fourth-order valence-corrected chi connectivity index (χ4v) is 12.8. The molecule has 0 unspecified atom stereocenters. The van der Waals surface area contributed by atoms with E-state index in [9.17, 15) is 129 Å². The van der Waals surface area contributed by atoms with E-state index in [0.717, 1.165) is 20.8 Å². The van der Waals surface area contributed by atoms with Gasteiger partial charge in [0.1, 0.15) is 183 Å². The van der Waals surface area contributed by atoms with E-state index in [-0.39, 0.29) is 0 Å². The molecule has 580 valence electrons. The third-order valence-electron chi connectivity index (χ3n) is 18.0. The van der Waals surface area contributed by atoms with Crippen LogP contribution in [0.25, 0.3) is 0 Å². The third-order valence-corrected chi connectivity index (χ3v) is 18.4. The van der Waals surface area contributed by atoms with Gasteiger partial charge in [-0.3, -0.25) is 18.9 Å². The lowest BCUT2D eigenvalue weighted by Gasteiger charge is -2.52. The number of aliphatic hydroxyl groups excluding tert-OH is 20. The molecule has 3 amide bonds. The van der Waals surface area contributed by atoms with Gasteiger partial charge >= 0.3 is 10.4 Å². The maximum atomic E-state index is 13.0. The minimum Gasteiger partial charge on any atom is -0.394 e.